The maximum Gasteiger partial charge on any atom is 0.233 e. The van der Waals surface area contributed by atoms with E-state index in [4.69, 9.17) is 10.9 Å². The number of carbonyl (C=O) groups is 1. The summed E-state index contributed by atoms with van der Waals surface area (Å²) in [6.45, 7) is 6.69. The van der Waals surface area contributed by atoms with Gasteiger partial charge < -0.3 is 16.3 Å². The monoisotopic (exact) mass is 283 g/mol. The van der Waals surface area contributed by atoms with Gasteiger partial charge in [-0.2, -0.15) is 0 Å². The van der Waals surface area contributed by atoms with Gasteiger partial charge in [0.15, 0.2) is 5.84 Å². The van der Waals surface area contributed by atoms with Crippen molar-refractivity contribution in [3.8, 4) is 0 Å². The van der Waals surface area contributed by atoms with Gasteiger partial charge in [-0.05, 0) is 31.1 Å². The zero-order valence-corrected chi connectivity index (χ0v) is 13.0. The Morgan fingerprint density at radius 1 is 1.30 bits per heavy atom. The minimum absolute atomic E-state index is 0.00815. The molecule has 1 rings (SSSR count). The molecule has 0 aromatic rings. The fourth-order valence-corrected chi connectivity index (χ4v) is 3.19. The van der Waals surface area contributed by atoms with Crippen molar-refractivity contribution in [3.63, 3.8) is 0 Å². The molecular weight excluding hydrogens is 254 g/mol. The highest BCUT2D eigenvalue weighted by Crippen LogP contribution is 2.35. The summed E-state index contributed by atoms with van der Waals surface area (Å²) in [5.41, 5.74) is 5.05. The van der Waals surface area contributed by atoms with Crippen LogP contribution in [0.25, 0.3) is 0 Å². The molecule has 0 aromatic carbocycles. The SMILES string of the molecule is CCC(CC)(C(=O)NCC1(C)CCCCC1)C(N)=NO. The Balaban J connectivity index is 2.72. The normalized spacial score (nSPS) is 19.6. The van der Waals surface area contributed by atoms with Gasteiger partial charge in [0.1, 0.15) is 5.41 Å². The summed E-state index contributed by atoms with van der Waals surface area (Å²) >= 11 is 0. The van der Waals surface area contributed by atoms with Crippen molar-refractivity contribution in [1.29, 1.82) is 0 Å². The van der Waals surface area contributed by atoms with E-state index in [-0.39, 0.29) is 17.2 Å². The average Bonchev–Trinajstić information content (AvgIpc) is 2.47. The average molecular weight is 283 g/mol. The molecule has 0 bridgehead atoms. The lowest BCUT2D eigenvalue weighted by Crippen LogP contribution is -2.51. The fraction of sp³-hybridized carbons (Fsp3) is 0.867. The number of amidine groups is 1. The zero-order chi connectivity index (χ0) is 15.2. The van der Waals surface area contributed by atoms with Crippen LogP contribution in [0.15, 0.2) is 5.16 Å². The second kappa shape index (κ2) is 6.95. The van der Waals surface area contributed by atoms with Crippen LogP contribution < -0.4 is 11.1 Å². The molecule has 0 radical (unpaired) electrons. The van der Waals surface area contributed by atoms with E-state index >= 15 is 0 Å². The third-order valence-corrected chi connectivity index (χ3v) is 4.98. The topological polar surface area (TPSA) is 87.7 Å². The molecule has 1 saturated carbocycles. The second-order valence-electron chi connectivity index (χ2n) is 6.33. The number of rotatable bonds is 6. The predicted octanol–water partition coefficient (Wildman–Crippen LogP) is 2.63. The van der Waals surface area contributed by atoms with E-state index in [1.807, 2.05) is 13.8 Å². The van der Waals surface area contributed by atoms with Crippen molar-refractivity contribution < 1.29 is 10.0 Å². The maximum absolute atomic E-state index is 12.5. The smallest absolute Gasteiger partial charge is 0.233 e. The number of amides is 1. The summed E-state index contributed by atoms with van der Waals surface area (Å²) in [5.74, 6) is -0.113. The van der Waals surface area contributed by atoms with Crippen LogP contribution >= 0.6 is 0 Å². The lowest BCUT2D eigenvalue weighted by molar-refractivity contribution is -0.128. The van der Waals surface area contributed by atoms with Crippen LogP contribution in [0.4, 0.5) is 0 Å². The molecule has 20 heavy (non-hydrogen) atoms. The maximum atomic E-state index is 12.5. The molecule has 1 aliphatic carbocycles. The molecule has 1 aliphatic rings. The molecule has 4 N–H and O–H groups in total. The fourth-order valence-electron chi connectivity index (χ4n) is 3.19. The minimum atomic E-state index is -0.889. The number of nitrogens with one attached hydrogen (secondary N) is 1. The Hall–Kier alpha value is -1.26. The highest BCUT2D eigenvalue weighted by atomic mass is 16.4. The van der Waals surface area contributed by atoms with Gasteiger partial charge in [-0.1, -0.05) is 45.2 Å². The molecule has 0 spiro atoms. The third kappa shape index (κ3) is 3.44. The Morgan fingerprint density at radius 2 is 1.85 bits per heavy atom. The molecular formula is C15H29N3O2. The molecule has 0 aliphatic heterocycles. The van der Waals surface area contributed by atoms with Crippen molar-refractivity contribution in [2.75, 3.05) is 6.54 Å². The first-order valence-corrected chi connectivity index (χ1v) is 7.70. The van der Waals surface area contributed by atoms with Crippen LogP contribution in [0.5, 0.6) is 0 Å². The van der Waals surface area contributed by atoms with E-state index in [1.54, 1.807) is 0 Å². The molecule has 0 atom stereocenters. The standard InChI is InChI=1S/C15H29N3O2/c1-4-15(5-2,12(16)18-20)13(19)17-11-14(3)9-7-6-8-10-14/h20H,4-11H2,1-3H3,(H2,16,18)(H,17,19). The summed E-state index contributed by atoms with van der Waals surface area (Å²) in [6.07, 6.45) is 7.13. The van der Waals surface area contributed by atoms with Gasteiger partial charge in [-0.15, -0.1) is 0 Å². The highest BCUT2D eigenvalue weighted by molar-refractivity contribution is 6.06. The van der Waals surface area contributed by atoms with Crippen molar-refractivity contribution in [3.05, 3.63) is 0 Å². The molecule has 5 nitrogen and oxygen atoms in total. The van der Waals surface area contributed by atoms with E-state index in [1.165, 1.54) is 19.3 Å². The molecule has 0 unspecified atom stereocenters. The first kappa shape index (κ1) is 16.8. The van der Waals surface area contributed by atoms with E-state index in [0.717, 1.165) is 12.8 Å². The molecule has 0 heterocycles. The van der Waals surface area contributed by atoms with Crippen LogP contribution in [-0.2, 0) is 4.79 Å². The van der Waals surface area contributed by atoms with E-state index in [0.29, 0.717) is 19.4 Å². The molecule has 0 aromatic heterocycles. The van der Waals surface area contributed by atoms with Crippen LogP contribution in [-0.4, -0.2) is 23.5 Å². The van der Waals surface area contributed by atoms with Crippen LogP contribution in [0.3, 0.4) is 0 Å². The summed E-state index contributed by atoms with van der Waals surface area (Å²) in [6, 6.07) is 0. The molecule has 0 saturated heterocycles. The van der Waals surface area contributed by atoms with Gasteiger partial charge in [-0.25, -0.2) is 0 Å². The lowest BCUT2D eigenvalue weighted by Gasteiger charge is -2.36. The number of hydrogen-bond acceptors (Lipinski definition) is 3. The third-order valence-electron chi connectivity index (χ3n) is 4.98. The second-order valence-corrected chi connectivity index (χ2v) is 6.33. The molecule has 116 valence electrons. The quantitative estimate of drug-likeness (QED) is 0.303. The van der Waals surface area contributed by atoms with E-state index in [2.05, 4.69) is 17.4 Å². The van der Waals surface area contributed by atoms with Crippen molar-refractivity contribution in [2.45, 2.75) is 65.7 Å². The number of oxime groups is 1. The summed E-state index contributed by atoms with van der Waals surface area (Å²) in [7, 11) is 0. The Bertz CT molecular complexity index is 356. The highest BCUT2D eigenvalue weighted by Gasteiger charge is 2.40. The number of nitrogens with zero attached hydrogens (tertiary/aromatic N) is 1. The van der Waals surface area contributed by atoms with Crippen LogP contribution in [0, 0.1) is 10.8 Å². The van der Waals surface area contributed by atoms with Gasteiger partial charge >= 0.3 is 0 Å². The molecule has 1 fully saturated rings. The van der Waals surface area contributed by atoms with Crippen molar-refractivity contribution in [1.82, 2.24) is 5.32 Å². The van der Waals surface area contributed by atoms with Crippen molar-refractivity contribution >= 4 is 11.7 Å². The van der Waals surface area contributed by atoms with Crippen LogP contribution in [0.1, 0.15) is 65.7 Å². The number of hydrogen-bond donors (Lipinski definition) is 3. The zero-order valence-electron chi connectivity index (χ0n) is 13.0. The summed E-state index contributed by atoms with van der Waals surface area (Å²) < 4.78 is 0. The Kier molecular flexibility index (Phi) is 5.84. The van der Waals surface area contributed by atoms with E-state index < -0.39 is 5.41 Å². The Labute approximate surface area is 122 Å². The first-order valence-electron chi connectivity index (χ1n) is 7.70. The number of nitrogens with two attached hydrogens (primary N) is 1. The van der Waals surface area contributed by atoms with Gasteiger partial charge in [0.2, 0.25) is 5.91 Å². The lowest BCUT2D eigenvalue weighted by atomic mass is 9.75. The predicted molar refractivity (Wildman–Crippen MR) is 80.6 cm³/mol. The number of carbonyl (C=O) groups excluding carboxylic acids is 1. The van der Waals surface area contributed by atoms with Gasteiger partial charge in [0.25, 0.3) is 0 Å². The van der Waals surface area contributed by atoms with E-state index in [9.17, 15) is 4.79 Å². The van der Waals surface area contributed by atoms with Crippen molar-refractivity contribution in [2.24, 2.45) is 21.7 Å². The van der Waals surface area contributed by atoms with Gasteiger partial charge in [-0.3, -0.25) is 4.79 Å². The van der Waals surface area contributed by atoms with Gasteiger partial charge in [0.05, 0.1) is 0 Å². The summed E-state index contributed by atoms with van der Waals surface area (Å²) in [4.78, 5) is 12.5. The molecule has 1 amide bonds. The largest absolute Gasteiger partial charge is 0.409 e. The first-order chi connectivity index (χ1) is 9.44. The Morgan fingerprint density at radius 3 is 2.30 bits per heavy atom. The molecule has 5 heteroatoms. The summed E-state index contributed by atoms with van der Waals surface area (Å²) in [5, 5.41) is 15.0. The minimum Gasteiger partial charge on any atom is -0.409 e. The van der Waals surface area contributed by atoms with Crippen LogP contribution in [0.2, 0.25) is 0 Å². The van der Waals surface area contributed by atoms with Gasteiger partial charge in [0, 0.05) is 6.54 Å².